The van der Waals surface area contributed by atoms with E-state index < -0.39 is 6.10 Å². The lowest BCUT2D eigenvalue weighted by atomic mass is 9.90. The van der Waals surface area contributed by atoms with Crippen molar-refractivity contribution in [3.05, 3.63) is 0 Å². The molecule has 3 amide bonds. The van der Waals surface area contributed by atoms with Gasteiger partial charge in [-0.15, -0.1) is 0 Å². The molecule has 3 aliphatic rings. The normalized spacial score (nSPS) is 28.4. The highest BCUT2D eigenvalue weighted by atomic mass is 16.5. The second-order valence-electron chi connectivity index (χ2n) is 11.4. The molecule has 1 saturated carbocycles. The average molecular weight is 509 g/mol. The summed E-state index contributed by atoms with van der Waals surface area (Å²) in [4.78, 5) is 42.9. The highest BCUT2D eigenvalue weighted by Crippen LogP contribution is 2.45. The molecule has 206 valence electrons. The molecule has 0 bridgehead atoms. The third-order valence-electron chi connectivity index (χ3n) is 8.76. The average Bonchev–Trinajstić information content (AvgIpc) is 3.25. The molecule has 0 aromatic heterocycles. The van der Waals surface area contributed by atoms with Gasteiger partial charge in [0.2, 0.25) is 17.7 Å². The number of hydrogen-bond acceptors (Lipinski definition) is 6. The number of amides is 3. The van der Waals surface area contributed by atoms with Gasteiger partial charge in [-0.05, 0) is 49.5 Å². The molecule has 1 aliphatic carbocycles. The van der Waals surface area contributed by atoms with E-state index in [0.717, 1.165) is 38.8 Å². The van der Waals surface area contributed by atoms with Crippen molar-refractivity contribution in [3.8, 4) is 0 Å². The Kier molecular flexibility index (Phi) is 10.2. The Morgan fingerprint density at radius 1 is 1.17 bits per heavy atom. The van der Waals surface area contributed by atoms with Crippen LogP contribution < -0.4 is 10.6 Å². The van der Waals surface area contributed by atoms with Gasteiger partial charge >= 0.3 is 0 Å². The van der Waals surface area contributed by atoms with E-state index in [1.807, 2.05) is 4.90 Å². The summed E-state index contributed by atoms with van der Waals surface area (Å²) in [6, 6.07) is -0.403. The van der Waals surface area contributed by atoms with Crippen molar-refractivity contribution in [1.82, 2.24) is 20.4 Å². The summed E-state index contributed by atoms with van der Waals surface area (Å²) in [5, 5.41) is 6.08. The second-order valence-corrected chi connectivity index (χ2v) is 11.4. The number of carbonyl (C=O) groups is 3. The molecule has 3 fully saturated rings. The van der Waals surface area contributed by atoms with Crippen LogP contribution in [0.2, 0.25) is 0 Å². The predicted molar refractivity (Wildman–Crippen MR) is 138 cm³/mol. The van der Waals surface area contributed by atoms with E-state index in [0.29, 0.717) is 17.8 Å². The van der Waals surface area contributed by atoms with E-state index in [-0.39, 0.29) is 60.8 Å². The van der Waals surface area contributed by atoms with Crippen LogP contribution in [0.1, 0.15) is 59.8 Å². The summed E-state index contributed by atoms with van der Waals surface area (Å²) in [6.07, 6.45) is 3.59. The van der Waals surface area contributed by atoms with Crippen molar-refractivity contribution < 1.29 is 23.9 Å². The molecule has 0 spiro atoms. The van der Waals surface area contributed by atoms with Crippen molar-refractivity contribution in [1.29, 1.82) is 0 Å². The molecule has 2 heterocycles. The Morgan fingerprint density at radius 2 is 1.89 bits per heavy atom. The van der Waals surface area contributed by atoms with E-state index in [2.05, 4.69) is 38.3 Å². The molecule has 9 nitrogen and oxygen atoms in total. The molecule has 36 heavy (non-hydrogen) atoms. The van der Waals surface area contributed by atoms with Gasteiger partial charge in [-0.2, -0.15) is 0 Å². The van der Waals surface area contributed by atoms with Crippen LogP contribution in [0, 0.1) is 23.7 Å². The second kappa shape index (κ2) is 12.7. The van der Waals surface area contributed by atoms with Crippen molar-refractivity contribution >= 4 is 17.7 Å². The third-order valence-corrected chi connectivity index (χ3v) is 8.76. The van der Waals surface area contributed by atoms with Gasteiger partial charge in [0.25, 0.3) is 0 Å². The van der Waals surface area contributed by atoms with Gasteiger partial charge in [-0.1, -0.05) is 34.1 Å². The predicted octanol–water partition coefficient (Wildman–Crippen LogP) is 1.65. The van der Waals surface area contributed by atoms with Crippen molar-refractivity contribution in [3.63, 3.8) is 0 Å². The molecule has 0 radical (unpaired) electrons. The molecular formula is C27H48N4O5. The summed E-state index contributed by atoms with van der Waals surface area (Å²) in [5.41, 5.74) is 0. The molecule has 3 rings (SSSR count). The lowest BCUT2D eigenvalue weighted by molar-refractivity contribution is -0.144. The smallest absolute Gasteiger partial charge is 0.242 e. The molecule has 2 saturated heterocycles. The molecule has 8 unspecified atom stereocenters. The van der Waals surface area contributed by atoms with Gasteiger partial charge in [-0.25, -0.2) is 0 Å². The van der Waals surface area contributed by atoms with E-state index >= 15 is 0 Å². The van der Waals surface area contributed by atoms with Crippen LogP contribution in [-0.2, 0) is 23.9 Å². The van der Waals surface area contributed by atoms with Gasteiger partial charge in [0.05, 0.1) is 43.3 Å². The minimum Gasteiger partial charge on any atom is -0.379 e. The number of carbonyl (C=O) groups excluding carboxylic acids is 3. The zero-order valence-corrected chi connectivity index (χ0v) is 23.3. The standard InChI is InChI=1S/C27H48N4O5/c1-8-17(4)25(30(5)23(33)15-29-27(34)24-19-12-18(19)14-28-24)21(35-6)13-22(32)31-11-9-10-20(31)26(36-7)16(2)3/h16-21,24-26,28H,8-15H2,1-7H3,(H,29,34). The first-order valence-electron chi connectivity index (χ1n) is 13.8. The molecular weight excluding hydrogens is 460 g/mol. The number of methoxy groups -OCH3 is 2. The fourth-order valence-corrected chi connectivity index (χ4v) is 6.38. The monoisotopic (exact) mass is 508 g/mol. The number of nitrogens with zero attached hydrogens (tertiary/aromatic N) is 2. The van der Waals surface area contributed by atoms with E-state index in [9.17, 15) is 14.4 Å². The van der Waals surface area contributed by atoms with Crippen LogP contribution >= 0.6 is 0 Å². The summed E-state index contributed by atoms with van der Waals surface area (Å²) < 4.78 is 11.6. The maximum atomic E-state index is 13.5. The summed E-state index contributed by atoms with van der Waals surface area (Å²) in [5.74, 6) is 1.23. The number of likely N-dealkylation sites (N-methyl/N-ethyl adjacent to an activating group) is 1. The number of likely N-dealkylation sites (tertiary alicyclic amines) is 1. The molecule has 2 aliphatic heterocycles. The van der Waals surface area contributed by atoms with Crippen molar-refractivity contribution in [2.24, 2.45) is 23.7 Å². The van der Waals surface area contributed by atoms with Gasteiger partial charge in [-0.3, -0.25) is 14.4 Å². The summed E-state index contributed by atoms with van der Waals surface area (Å²) in [7, 11) is 5.08. The van der Waals surface area contributed by atoms with Gasteiger partial charge in [0, 0.05) is 27.8 Å². The number of nitrogens with one attached hydrogen (secondary N) is 2. The van der Waals surface area contributed by atoms with Crippen LogP contribution in [0.25, 0.3) is 0 Å². The highest BCUT2D eigenvalue weighted by Gasteiger charge is 2.51. The largest absolute Gasteiger partial charge is 0.379 e. The van der Waals surface area contributed by atoms with Gasteiger partial charge < -0.3 is 29.9 Å². The van der Waals surface area contributed by atoms with Crippen molar-refractivity contribution in [2.75, 3.05) is 40.9 Å². The van der Waals surface area contributed by atoms with Crippen molar-refractivity contribution in [2.45, 2.75) is 90.1 Å². The highest BCUT2D eigenvalue weighted by molar-refractivity contribution is 5.88. The zero-order valence-electron chi connectivity index (χ0n) is 23.3. The van der Waals surface area contributed by atoms with E-state index in [1.54, 1.807) is 26.2 Å². The number of piperidine rings is 1. The number of fused-ring (bicyclic) bond motifs is 1. The summed E-state index contributed by atoms with van der Waals surface area (Å²) in [6.45, 7) is 9.95. The molecule has 0 aromatic carbocycles. The Labute approximate surface area is 217 Å². The van der Waals surface area contributed by atoms with E-state index in [4.69, 9.17) is 9.47 Å². The zero-order chi connectivity index (χ0) is 26.6. The minimum atomic E-state index is -0.442. The summed E-state index contributed by atoms with van der Waals surface area (Å²) >= 11 is 0. The molecule has 8 atom stereocenters. The topological polar surface area (TPSA) is 100 Å². The molecule has 9 heteroatoms. The first kappa shape index (κ1) is 28.9. The Morgan fingerprint density at radius 3 is 2.42 bits per heavy atom. The Hall–Kier alpha value is -1.71. The fraction of sp³-hybridized carbons (Fsp3) is 0.889. The lowest BCUT2D eigenvalue weighted by Gasteiger charge is -2.39. The first-order chi connectivity index (χ1) is 17.1. The van der Waals surface area contributed by atoms with Crippen LogP contribution in [0.5, 0.6) is 0 Å². The van der Waals surface area contributed by atoms with Gasteiger partial charge in [0.1, 0.15) is 0 Å². The molecule has 2 N–H and O–H groups in total. The molecule has 0 aromatic rings. The lowest BCUT2D eigenvalue weighted by Crippen LogP contribution is -2.54. The minimum absolute atomic E-state index is 0.00375. The Balaban J connectivity index is 1.63. The number of rotatable bonds is 13. The maximum absolute atomic E-state index is 13.5. The van der Waals surface area contributed by atoms with Crippen LogP contribution in [0.15, 0.2) is 0 Å². The van der Waals surface area contributed by atoms with E-state index in [1.165, 1.54) is 0 Å². The fourth-order valence-electron chi connectivity index (χ4n) is 6.38. The van der Waals surface area contributed by atoms with Crippen LogP contribution in [-0.4, -0.2) is 98.8 Å². The van der Waals surface area contributed by atoms with Gasteiger partial charge in [0.15, 0.2) is 0 Å². The van der Waals surface area contributed by atoms with Crippen LogP contribution in [0.3, 0.4) is 0 Å². The number of ether oxygens (including phenoxy) is 2. The number of hydrogen-bond donors (Lipinski definition) is 2. The first-order valence-corrected chi connectivity index (χ1v) is 13.8. The SMILES string of the molecule is CCC(C)C(C(CC(=O)N1CCCC1C(OC)C(C)C)OC)N(C)C(=O)CNC(=O)C1NCC2CC21. The quantitative estimate of drug-likeness (QED) is 0.392. The van der Waals surface area contributed by atoms with Crippen LogP contribution in [0.4, 0.5) is 0 Å². The Bertz CT molecular complexity index is 777. The maximum Gasteiger partial charge on any atom is 0.242 e. The third kappa shape index (κ3) is 6.40.